The summed E-state index contributed by atoms with van der Waals surface area (Å²) in [6.45, 7) is 0.344. The lowest BCUT2D eigenvalue weighted by atomic mass is 9.84. The maximum atomic E-state index is 13.9. The number of nitrogens with one attached hydrogen (secondary N) is 1. The van der Waals surface area contributed by atoms with Crippen molar-refractivity contribution in [3.05, 3.63) is 77.4 Å². The fourth-order valence-corrected chi connectivity index (χ4v) is 4.69. The minimum absolute atomic E-state index is 0.109. The molecule has 1 aromatic heterocycles. The molecule has 2 atom stereocenters. The van der Waals surface area contributed by atoms with Crippen LogP contribution in [0.3, 0.4) is 0 Å². The molecule has 0 spiro atoms. The molecule has 0 radical (unpaired) electrons. The third kappa shape index (κ3) is 6.17. The lowest BCUT2D eigenvalue weighted by molar-refractivity contribution is -0.142. The molecule has 4 rings (SSSR count). The summed E-state index contributed by atoms with van der Waals surface area (Å²) in [5, 5.41) is 13.1. The summed E-state index contributed by atoms with van der Waals surface area (Å²) in [6, 6.07) is 9.36. The summed E-state index contributed by atoms with van der Waals surface area (Å²) in [7, 11) is 0. The van der Waals surface area contributed by atoms with E-state index in [2.05, 4.69) is 10.3 Å². The van der Waals surface area contributed by atoms with Crippen molar-refractivity contribution in [1.29, 1.82) is 0 Å². The van der Waals surface area contributed by atoms with Gasteiger partial charge in [0.2, 0.25) is 5.91 Å². The summed E-state index contributed by atoms with van der Waals surface area (Å²) in [5.74, 6) is -1.32. The third-order valence-corrected chi connectivity index (χ3v) is 6.52. The number of hydrogen-bond donors (Lipinski definition) is 3. The first-order valence-electron chi connectivity index (χ1n) is 12.0. The van der Waals surface area contributed by atoms with E-state index in [0.717, 1.165) is 54.2 Å². The quantitative estimate of drug-likeness (QED) is 0.504. The van der Waals surface area contributed by atoms with Gasteiger partial charge in [-0.2, -0.15) is 0 Å². The summed E-state index contributed by atoms with van der Waals surface area (Å²) in [5.41, 5.74) is 9.95. The van der Waals surface area contributed by atoms with Crippen LogP contribution in [-0.4, -0.2) is 34.9 Å². The molecule has 1 amide bonds. The van der Waals surface area contributed by atoms with E-state index in [9.17, 15) is 14.3 Å². The number of aromatic nitrogens is 1. The molecule has 1 saturated carbocycles. The second-order valence-corrected chi connectivity index (χ2v) is 8.98. The lowest BCUT2D eigenvalue weighted by Crippen LogP contribution is -2.25. The predicted molar refractivity (Wildman–Crippen MR) is 130 cm³/mol. The Labute approximate surface area is 199 Å². The largest absolute Gasteiger partial charge is 0.368 e. The fourth-order valence-electron chi connectivity index (χ4n) is 4.69. The molecule has 2 unspecified atom stereocenters. The van der Waals surface area contributed by atoms with Crippen LogP contribution in [0.25, 0.3) is 5.57 Å². The monoisotopic (exact) mass is 465 g/mol. The molecular formula is C27H32FN3O3. The molecule has 180 valence electrons. The number of aliphatic hydroxyl groups excluding tert-OH is 1. The SMILES string of the molecule is NCC1=C(c2cccc(CC(O)OC3CCCCC3)c2)CC(C(=O)Nc2ccncc2F)C=C1. The van der Waals surface area contributed by atoms with E-state index in [1.807, 2.05) is 36.4 Å². The molecule has 7 heteroatoms. The average Bonchev–Trinajstić information content (AvgIpc) is 2.85. The lowest BCUT2D eigenvalue weighted by Gasteiger charge is -2.25. The van der Waals surface area contributed by atoms with E-state index in [0.29, 0.717) is 19.4 Å². The first-order valence-corrected chi connectivity index (χ1v) is 12.0. The molecule has 4 N–H and O–H groups in total. The smallest absolute Gasteiger partial charge is 0.231 e. The van der Waals surface area contributed by atoms with Gasteiger partial charge in [0.15, 0.2) is 12.1 Å². The second-order valence-electron chi connectivity index (χ2n) is 8.98. The Hall–Kier alpha value is -2.87. The predicted octanol–water partition coefficient (Wildman–Crippen LogP) is 4.36. The van der Waals surface area contributed by atoms with E-state index < -0.39 is 18.0 Å². The Kier molecular flexibility index (Phi) is 8.21. The molecule has 1 fully saturated rings. The minimum Gasteiger partial charge on any atom is -0.368 e. The Morgan fingerprint density at radius 1 is 1.26 bits per heavy atom. The highest BCUT2D eigenvalue weighted by molar-refractivity contribution is 5.95. The summed E-state index contributed by atoms with van der Waals surface area (Å²) in [4.78, 5) is 16.6. The van der Waals surface area contributed by atoms with Gasteiger partial charge in [-0.1, -0.05) is 55.7 Å². The van der Waals surface area contributed by atoms with E-state index in [-0.39, 0.29) is 17.7 Å². The molecule has 2 aliphatic carbocycles. The van der Waals surface area contributed by atoms with Gasteiger partial charge in [-0.3, -0.25) is 9.78 Å². The Morgan fingerprint density at radius 2 is 2.09 bits per heavy atom. The molecule has 0 aliphatic heterocycles. The first kappa shape index (κ1) is 24.3. The zero-order chi connectivity index (χ0) is 23.9. The van der Waals surface area contributed by atoms with E-state index in [1.54, 1.807) is 0 Å². The Morgan fingerprint density at radius 3 is 2.85 bits per heavy atom. The van der Waals surface area contributed by atoms with Gasteiger partial charge >= 0.3 is 0 Å². The van der Waals surface area contributed by atoms with Gasteiger partial charge in [0.1, 0.15) is 0 Å². The van der Waals surface area contributed by atoms with Crippen LogP contribution in [0.4, 0.5) is 10.1 Å². The van der Waals surface area contributed by atoms with Gasteiger partial charge in [0, 0.05) is 19.2 Å². The van der Waals surface area contributed by atoms with Gasteiger partial charge in [-0.05, 0) is 47.6 Å². The number of amides is 1. The topological polar surface area (TPSA) is 97.5 Å². The van der Waals surface area contributed by atoms with Crippen molar-refractivity contribution >= 4 is 17.2 Å². The van der Waals surface area contributed by atoms with E-state index in [4.69, 9.17) is 10.5 Å². The number of nitrogens with two attached hydrogens (primary N) is 1. The number of benzene rings is 1. The summed E-state index contributed by atoms with van der Waals surface area (Å²) in [6.07, 6.45) is 11.9. The number of hydrogen-bond acceptors (Lipinski definition) is 5. The number of allylic oxidation sites excluding steroid dienone is 1. The highest BCUT2D eigenvalue weighted by Gasteiger charge is 2.24. The molecule has 1 heterocycles. The third-order valence-electron chi connectivity index (χ3n) is 6.52. The van der Waals surface area contributed by atoms with Crippen LogP contribution in [0.2, 0.25) is 0 Å². The number of pyridine rings is 1. The van der Waals surface area contributed by atoms with Crippen LogP contribution in [-0.2, 0) is 16.0 Å². The number of ether oxygens (including phenoxy) is 1. The van der Waals surface area contributed by atoms with Gasteiger partial charge in [-0.25, -0.2) is 4.39 Å². The van der Waals surface area contributed by atoms with Crippen molar-refractivity contribution in [3.8, 4) is 0 Å². The van der Waals surface area contributed by atoms with Crippen LogP contribution in [0.1, 0.15) is 49.7 Å². The Bertz CT molecular complexity index is 1060. The number of nitrogens with zero attached hydrogens (tertiary/aromatic N) is 1. The van der Waals surface area contributed by atoms with Crippen LogP contribution in [0.5, 0.6) is 0 Å². The van der Waals surface area contributed by atoms with Gasteiger partial charge in [-0.15, -0.1) is 0 Å². The molecular weight excluding hydrogens is 433 g/mol. The molecule has 34 heavy (non-hydrogen) atoms. The van der Waals surface area contributed by atoms with Crippen molar-refractivity contribution < 1.29 is 19.0 Å². The highest BCUT2D eigenvalue weighted by Crippen LogP contribution is 2.33. The van der Waals surface area contributed by atoms with Crippen LogP contribution < -0.4 is 11.1 Å². The van der Waals surface area contributed by atoms with Gasteiger partial charge in [0.05, 0.1) is 23.9 Å². The Balaban J connectivity index is 1.45. The normalized spacial score (nSPS) is 19.8. The number of carbonyl (C=O) groups excluding carboxylic acids is 1. The van der Waals surface area contributed by atoms with Crippen molar-refractivity contribution in [3.63, 3.8) is 0 Å². The van der Waals surface area contributed by atoms with Crippen molar-refractivity contribution in [1.82, 2.24) is 4.98 Å². The van der Waals surface area contributed by atoms with Crippen molar-refractivity contribution in [2.45, 2.75) is 57.3 Å². The molecule has 0 bridgehead atoms. The highest BCUT2D eigenvalue weighted by atomic mass is 19.1. The van der Waals surface area contributed by atoms with E-state index in [1.165, 1.54) is 18.7 Å². The van der Waals surface area contributed by atoms with Gasteiger partial charge < -0.3 is 20.9 Å². The van der Waals surface area contributed by atoms with Crippen molar-refractivity contribution in [2.75, 3.05) is 11.9 Å². The maximum Gasteiger partial charge on any atom is 0.231 e. The number of halogens is 1. The number of carbonyl (C=O) groups is 1. The average molecular weight is 466 g/mol. The zero-order valence-electron chi connectivity index (χ0n) is 19.3. The standard InChI is InChI=1S/C27H32FN3O3/c28-24-17-30-12-11-25(24)31-27(33)20-9-10-21(16-29)23(15-20)19-6-4-5-18(13-19)14-26(32)34-22-7-2-1-3-8-22/h4-6,9-13,17,20,22,26,32H,1-3,7-8,14-16,29H2,(H,30,31,33). The number of aliphatic hydroxyl groups is 1. The zero-order valence-corrected chi connectivity index (χ0v) is 19.3. The first-order chi connectivity index (χ1) is 16.5. The fraction of sp³-hybridized carbons (Fsp3) is 0.407. The van der Waals surface area contributed by atoms with E-state index >= 15 is 0 Å². The number of rotatable bonds is 8. The van der Waals surface area contributed by atoms with Gasteiger partial charge in [0.25, 0.3) is 0 Å². The maximum absolute atomic E-state index is 13.9. The second kappa shape index (κ2) is 11.5. The number of anilines is 1. The molecule has 1 aromatic carbocycles. The molecule has 2 aliphatic rings. The van der Waals surface area contributed by atoms with Crippen LogP contribution in [0.15, 0.2) is 60.5 Å². The summed E-state index contributed by atoms with van der Waals surface area (Å²) >= 11 is 0. The molecule has 6 nitrogen and oxygen atoms in total. The molecule has 0 saturated heterocycles. The van der Waals surface area contributed by atoms with Crippen molar-refractivity contribution in [2.24, 2.45) is 11.7 Å². The minimum atomic E-state index is -0.846. The summed E-state index contributed by atoms with van der Waals surface area (Å²) < 4.78 is 19.8. The van der Waals surface area contributed by atoms with Crippen LogP contribution in [0, 0.1) is 11.7 Å². The van der Waals surface area contributed by atoms with Crippen LogP contribution >= 0.6 is 0 Å². The molecule has 2 aromatic rings.